The minimum atomic E-state index is 0.0854. The molecule has 0 atom stereocenters. The lowest BCUT2D eigenvalue weighted by molar-refractivity contribution is 0.0689. The van der Waals surface area contributed by atoms with Gasteiger partial charge in [0.25, 0.3) is 5.91 Å². The molecule has 0 saturated carbocycles. The number of piperidine rings is 1. The first-order chi connectivity index (χ1) is 10.0. The van der Waals surface area contributed by atoms with E-state index in [1.165, 1.54) is 11.3 Å². The first-order valence-electron chi connectivity index (χ1n) is 6.59. The molecule has 112 valence electrons. The fourth-order valence-electron chi connectivity index (χ4n) is 2.55. The summed E-state index contributed by atoms with van der Waals surface area (Å²) in [5.41, 5.74) is 6.38. The Morgan fingerprint density at radius 3 is 2.62 bits per heavy atom. The van der Waals surface area contributed by atoms with Crippen LogP contribution in [0.3, 0.4) is 0 Å². The van der Waals surface area contributed by atoms with Gasteiger partial charge in [0.05, 0.1) is 19.2 Å². The maximum atomic E-state index is 12.5. The zero-order chi connectivity index (χ0) is 15.0. The van der Waals surface area contributed by atoms with Crippen molar-refractivity contribution in [3.8, 4) is 0 Å². The van der Waals surface area contributed by atoms with E-state index in [9.17, 15) is 4.79 Å². The fourth-order valence-corrected chi connectivity index (χ4v) is 5.32. The van der Waals surface area contributed by atoms with E-state index in [0.29, 0.717) is 11.9 Å². The van der Waals surface area contributed by atoms with Crippen molar-refractivity contribution in [2.45, 2.75) is 18.9 Å². The second kappa shape index (κ2) is 6.10. The number of aromatic nitrogens is 2. The second-order valence-corrected chi connectivity index (χ2v) is 8.73. The van der Waals surface area contributed by atoms with Gasteiger partial charge >= 0.3 is 0 Å². The van der Waals surface area contributed by atoms with Crippen LogP contribution in [0.4, 0.5) is 5.82 Å². The first kappa shape index (κ1) is 15.1. The van der Waals surface area contributed by atoms with Crippen molar-refractivity contribution in [2.75, 3.05) is 18.8 Å². The van der Waals surface area contributed by atoms with Gasteiger partial charge in [0.15, 0.2) is 0 Å². The smallest absolute Gasteiger partial charge is 0.255 e. The van der Waals surface area contributed by atoms with Gasteiger partial charge in [0.2, 0.25) is 0 Å². The number of nitrogens with zero attached hydrogens (tertiary/aromatic N) is 3. The van der Waals surface area contributed by atoms with Crippen LogP contribution < -0.4 is 5.73 Å². The number of hydrogen-bond acceptors (Lipinski definition) is 4. The summed E-state index contributed by atoms with van der Waals surface area (Å²) < 4.78 is 3.75. The number of anilines is 1. The third-order valence-corrected chi connectivity index (χ3v) is 5.98. The lowest BCUT2D eigenvalue weighted by Gasteiger charge is -2.32. The van der Waals surface area contributed by atoms with Crippen molar-refractivity contribution < 1.29 is 4.79 Å². The highest BCUT2D eigenvalue weighted by Crippen LogP contribution is 2.33. The molecule has 1 fully saturated rings. The molecule has 2 aromatic heterocycles. The van der Waals surface area contributed by atoms with E-state index in [-0.39, 0.29) is 5.91 Å². The Morgan fingerprint density at radius 2 is 2.10 bits per heavy atom. The molecule has 21 heavy (non-hydrogen) atoms. The van der Waals surface area contributed by atoms with Crippen molar-refractivity contribution in [1.82, 2.24) is 14.7 Å². The maximum Gasteiger partial charge on any atom is 0.255 e. The van der Waals surface area contributed by atoms with Crippen molar-refractivity contribution in [3.05, 3.63) is 31.5 Å². The van der Waals surface area contributed by atoms with Gasteiger partial charge in [-0.3, -0.25) is 9.48 Å². The Labute approximate surface area is 143 Å². The highest BCUT2D eigenvalue weighted by molar-refractivity contribution is 9.12. The van der Waals surface area contributed by atoms with Crippen molar-refractivity contribution >= 4 is 54.9 Å². The molecule has 1 aliphatic rings. The molecule has 1 aliphatic heterocycles. The lowest BCUT2D eigenvalue weighted by atomic mass is 10.0. The van der Waals surface area contributed by atoms with Crippen molar-refractivity contribution in [1.29, 1.82) is 0 Å². The monoisotopic (exact) mass is 432 g/mol. The van der Waals surface area contributed by atoms with Crippen LogP contribution in [0.25, 0.3) is 0 Å². The van der Waals surface area contributed by atoms with E-state index in [4.69, 9.17) is 5.73 Å². The van der Waals surface area contributed by atoms with E-state index >= 15 is 0 Å². The normalized spacial score (nSPS) is 16.4. The number of nitrogens with two attached hydrogens (primary N) is 1. The summed E-state index contributed by atoms with van der Waals surface area (Å²) in [7, 11) is 0. The predicted molar refractivity (Wildman–Crippen MR) is 90.5 cm³/mol. The van der Waals surface area contributed by atoms with Gasteiger partial charge in [0.1, 0.15) is 5.82 Å². The molecule has 2 aromatic rings. The molecule has 0 aromatic carbocycles. The van der Waals surface area contributed by atoms with E-state index in [2.05, 4.69) is 37.0 Å². The average Bonchev–Trinajstić information content (AvgIpc) is 3.04. The molecule has 1 saturated heterocycles. The van der Waals surface area contributed by atoms with Crippen LogP contribution in [-0.4, -0.2) is 33.7 Å². The third kappa shape index (κ3) is 3.17. The van der Waals surface area contributed by atoms with Crippen molar-refractivity contribution in [2.24, 2.45) is 0 Å². The number of halogens is 2. The number of rotatable bonds is 2. The molecular weight excluding hydrogens is 420 g/mol. The minimum absolute atomic E-state index is 0.0854. The van der Waals surface area contributed by atoms with E-state index < -0.39 is 0 Å². The van der Waals surface area contributed by atoms with Crippen LogP contribution in [0.15, 0.2) is 25.9 Å². The first-order valence-corrected chi connectivity index (χ1v) is 8.99. The summed E-state index contributed by atoms with van der Waals surface area (Å²) in [5, 5.41) is 4.26. The van der Waals surface area contributed by atoms with Gasteiger partial charge in [-0.05, 0) is 56.8 Å². The zero-order valence-electron chi connectivity index (χ0n) is 11.1. The number of amides is 1. The topological polar surface area (TPSA) is 64.2 Å². The van der Waals surface area contributed by atoms with Gasteiger partial charge in [-0.15, -0.1) is 11.3 Å². The summed E-state index contributed by atoms with van der Waals surface area (Å²) in [6.07, 6.45) is 3.70. The van der Waals surface area contributed by atoms with Crippen LogP contribution >= 0.6 is 43.2 Å². The fraction of sp³-hybridized carbons (Fsp3) is 0.385. The predicted octanol–water partition coefficient (Wildman–Crippen LogP) is 3.53. The number of hydrogen-bond donors (Lipinski definition) is 1. The van der Waals surface area contributed by atoms with Gasteiger partial charge in [-0.2, -0.15) is 5.10 Å². The second-order valence-electron chi connectivity index (χ2n) is 4.98. The van der Waals surface area contributed by atoms with Crippen LogP contribution in [0.5, 0.6) is 0 Å². The third-order valence-electron chi connectivity index (χ3n) is 3.64. The number of nitrogen functional groups attached to an aromatic ring is 1. The highest BCUT2D eigenvalue weighted by atomic mass is 79.9. The van der Waals surface area contributed by atoms with Gasteiger partial charge in [-0.25, -0.2) is 0 Å². The molecule has 3 heterocycles. The molecule has 0 unspecified atom stereocenters. The SMILES string of the molecule is Nc1ccn(C2CCN(C(=O)c3cc(Br)sc3Br)CC2)n1. The number of likely N-dealkylation sites (tertiary alicyclic amines) is 1. The van der Waals surface area contributed by atoms with Gasteiger partial charge < -0.3 is 10.6 Å². The summed E-state index contributed by atoms with van der Waals surface area (Å²) in [5.74, 6) is 0.628. The number of carbonyl (C=O) groups excluding carboxylic acids is 1. The van der Waals surface area contributed by atoms with Gasteiger partial charge in [0, 0.05) is 19.3 Å². The maximum absolute atomic E-state index is 12.5. The summed E-state index contributed by atoms with van der Waals surface area (Å²) in [6, 6.07) is 4.00. The Balaban J connectivity index is 1.65. The van der Waals surface area contributed by atoms with Gasteiger partial charge in [-0.1, -0.05) is 0 Å². The van der Waals surface area contributed by atoms with Crippen LogP contribution in [0.1, 0.15) is 29.2 Å². The summed E-state index contributed by atoms with van der Waals surface area (Å²) in [6.45, 7) is 1.48. The van der Waals surface area contributed by atoms with E-state index in [1.54, 1.807) is 6.07 Å². The minimum Gasteiger partial charge on any atom is -0.382 e. The molecule has 3 rings (SSSR count). The molecule has 0 spiro atoms. The Kier molecular flexibility index (Phi) is 4.37. The zero-order valence-corrected chi connectivity index (χ0v) is 15.1. The number of thiophene rings is 1. The molecule has 0 bridgehead atoms. The molecule has 0 aliphatic carbocycles. The average molecular weight is 434 g/mol. The molecule has 5 nitrogen and oxygen atoms in total. The summed E-state index contributed by atoms with van der Waals surface area (Å²) in [4.78, 5) is 14.4. The molecule has 0 radical (unpaired) electrons. The van der Waals surface area contributed by atoms with Crippen LogP contribution in [0.2, 0.25) is 0 Å². The Morgan fingerprint density at radius 1 is 1.38 bits per heavy atom. The Hall–Kier alpha value is -0.860. The highest BCUT2D eigenvalue weighted by Gasteiger charge is 2.26. The number of carbonyl (C=O) groups is 1. The molecule has 2 N–H and O–H groups in total. The van der Waals surface area contributed by atoms with Crippen LogP contribution in [-0.2, 0) is 0 Å². The van der Waals surface area contributed by atoms with Crippen LogP contribution in [0, 0.1) is 0 Å². The van der Waals surface area contributed by atoms with E-state index in [1.807, 2.05) is 21.8 Å². The lowest BCUT2D eigenvalue weighted by Crippen LogP contribution is -2.39. The van der Waals surface area contributed by atoms with Crippen molar-refractivity contribution in [3.63, 3.8) is 0 Å². The summed E-state index contributed by atoms with van der Waals surface area (Å²) >= 11 is 8.38. The standard InChI is InChI=1S/C13H14Br2N4OS/c14-10-7-9(12(15)21-10)13(20)18-4-1-8(2-5-18)19-6-3-11(16)17-19/h3,6-8H,1-2,4-5H2,(H2,16,17). The largest absolute Gasteiger partial charge is 0.382 e. The van der Waals surface area contributed by atoms with E-state index in [0.717, 1.165) is 39.1 Å². The Bertz CT molecular complexity index is 661. The molecular formula is C13H14Br2N4OS. The quantitative estimate of drug-likeness (QED) is 0.787. The molecule has 8 heteroatoms. The molecule has 1 amide bonds.